The third-order valence-corrected chi connectivity index (χ3v) is 8.04. The van der Waals surface area contributed by atoms with Crippen molar-refractivity contribution in [2.24, 2.45) is 0 Å². The Kier molecular flexibility index (Phi) is 10.5. The van der Waals surface area contributed by atoms with E-state index in [1.165, 1.54) is 12.1 Å². The monoisotopic (exact) mass is 605 g/mol. The summed E-state index contributed by atoms with van der Waals surface area (Å²) in [5.74, 6) is 0. The number of nitrogens with zero attached hydrogens (tertiary/aromatic N) is 2. The molecular weight excluding hydrogens is 565 g/mol. The van der Waals surface area contributed by atoms with Crippen molar-refractivity contribution in [2.75, 3.05) is 18.0 Å². The van der Waals surface area contributed by atoms with Gasteiger partial charge in [-0.1, -0.05) is 93.4 Å². The minimum absolute atomic E-state index is 0.169. The molecule has 0 atom stereocenters. The molecule has 5 heteroatoms. The number of rotatable bonds is 11. The largest absolute Gasteiger partial charge is 0.417 e. The second-order valence-corrected chi connectivity index (χ2v) is 11.2. The first-order chi connectivity index (χ1) is 21.9. The Morgan fingerprint density at radius 1 is 0.644 bits per heavy atom. The molecule has 1 aliphatic carbocycles. The van der Waals surface area contributed by atoms with Crippen LogP contribution in [0.3, 0.4) is 0 Å². The number of unbranched alkanes of at least 4 members (excludes halogenated alkanes) is 2. The number of para-hydroxylation sites is 2. The fraction of sp³-hybridized carbons (Fsp3) is 0.225. The summed E-state index contributed by atoms with van der Waals surface area (Å²) in [6.07, 6.45) is 7.62. The SMILES string of the molecule is CCCCN(c1ccccc1)c1ccc(C(=C2C=CC(=[N+](CCCC)c3ccccc3)C=C2)c2ccccc2C(F)(F)F)cc1. The minimum Gasteiger partial charge on any atom is -0.341 e. The summed E-state index contributed by atoms with van der Waals surface area (Å²) in [4.78, 5) is 2.26. The number of hydrogen-bond acceptors (Lipinski definition) is 1. The molecule has 0 amide bonds. The molecule has 0 aliphatic heterocycles. The van der Waals surface area contributed by atoms with Crippen LogP contribution in [0.25, 0.3) is 5.57 Å². The van der Waals surface area contributed by atoms with Gasteiger partial charge in [-0.3, -0.25) is 0 Å². The molecule has 5 rings (SSSR count). The van der Waals surface area contributed by atoms with Crippen LogP contribution in [0, 0.1) is 0 Å². The van der Waals surface area contributed by atoms with Crippen LogP contribution in [0.15, 0.2) is 139 Å². The van der Waals surface area contributed by atoms with Crippen LogP contribution >= 0.6 is 0 Å². The van der Waals surface area contributed by atoms with Crippen molar-refractivity contribution in [1.29, 1.82) is 0 Å². The number of hydrogen-bond donors (Lipinski definition) is 0. The average molecular weight is 606 g/mol. The number of halogens is 3. The van der Waals surface area contributed by atoms with Crippen LogP contribution in [-0.4, -0.2) is 23.4 Å². The van der Waals surface area contributed by atoms with Gasteiger partial charge in [0.1, 0.15) is 6.54 Å². The molecular formula is C40H40F3N2+. The van der Waals surface area contributed by atoms with Gasteiger partial charge in [0, 0.05) is 48.6 Å². The molecule has 0 radical (unpaired) electrons. The summed E-state index contributed by atoms with van der Waals surface area (Å²) in [5.41, 5.74) is 5.74. The predicted molar refractivity (Wildman–Crippen MR) is 182 cm³/mol. The van der Waals surface area contributed by atoms with Crippen LogP contribution < -0.4 is 4.90 Å². The molecule has 0 saturated carbocycles. The zero-order valence-electron chi connectivity index (χ0n) is 26.0. The second-order valence-electron chi connectivity index (χ2n) is 11.2. The molecule has 230 valence electrons. The molecule has 0 heterocycles. The van der Waals surface area contributed by atoms with Gasteiger partial charge < -0.3 is 4.90 Å². The zero-order chi connectivity index (χ0) is 31.6. The van der Waals surface area contributed by atoms with Gasteiger partial charge in [0.25, 0.3) is 0 Å². The lowest BCUT2D eigenvalue weighted by Crippen LogP contribution is -2.18. The molecule has 4 aromatic rings. The van der Waals surface area contributed by atoms with Crippen molar-refractivity contribution in [1.82, 2.24) is 0 Å². The molecule has 0 N–H and O–H groups in total. The maximum absolute atomic E-state index is 14.4. The van der Waals surface area contributed by atoms with Crippen LogP contribution in [0.4, 0.5) is 30.2 Å². The Bertz CT molecular complexity index is 1660. The highest BCUT2D eigenvalue weighted by molar-refractivity contribution is 6.04. The van der Waals surface area contributed by atoms with E-state index in [0.29, 0.717) is 5.57 Å². The fourth-order valence-corrected chi connectivity index (χ4v) is 5.70. The highest BCUT2D eigenvalue weighted by atomic mass is 19.4. The van der Waals surface area contributed by atoms with E-state index in [2.05, 4.69) is 47.6 Å². The Morgan fingerprint density at radius 2 is 1.22 bits per heavy atom. The van der Waals surface area contributed by atoms with Gasteiger partial charge in [-0.2, -0.15) is 17.7 Å². The Morgan fingerprint density at radius 3 is 1.84 bits per heavy atom. The molecule has 0 spiro atoms. The molecule has 0 aromatic heterocycles. The van der Waals surface area contributed by atoms with Crippen LogP contribution in [-0.2, 0) is 6.18 Å². The van der Waals surface area contributed by atoms with Gasteiger partial charge in [-0.25, -0.2) is 0 Å². The average Bonchev–Trinajstić information content (AvgIpc) is 3.07. The Labute approximate surface area is 265 Å². The third kappa shape index (κ3) is 7.72. The predicted octanol–water partition coefficient (Wildman–Crippen LogP) is 11.2. The van der Waals surface area contributed by atoms with E-state index in [1.807, 2.05) is 85.0 Å². The topological polar surface area (TPSA) is 6.25 Å². The van der Waals surface area contributed by atoms with E-state index in [1.54, 1.807) is 12.1 Å². The van der Waals surface area contributed by atoms with Crippen molar-refractivity contribution in [3.05, 3.63) is 156 Å². The smallest absolute Gasteiger partial charge is 0.341 e. The first-order valence-corrected chi connectivity index (χ1v) is 15.8. The lowest BCUT2D eigenvalue weighted by molar-refractivity contribution is -0.439. The Hall–Kier alpha value is -4.64. The first kappa shape index (κ1) is 31.8. The van der Waals surface area contributed by atoms with Gasteiger partial charge in [0.2, 0.25) is 11.4 Å². The van der Waals surface area contributed by atoms with E-state index in [4.69, 9.17) is 0 Å². The van der Waals surface area contributed by atoms with E-state index in [0.717, 1.165) is 72.7 Å². The summed E-state index contributed by atoms with van der Waals surface area (Å²) >= 11 is 0. The molecule has 0 unspecified atom stereocenters. The van der Waals surface area contributed by atoms with Crippen molar-refractivity contribution < 1.29 is 17.7 Å². The van der Waals surface area contributed by atoms with Crippen molar-refractivity contribution in [3.8, 4) is 0 Å². The summed E-state index contributed by atoms with van der Waals surface area (Å²) < 4.78 is 45.4. The maximum atomic E-state index is 14.4. The van der Waals surface area contributed by atoms with Gasteiger partial charge >= 0.3 is 6.18 Å². The lowest BCUT2D eigenvalue weighted by Gasteiger charge is -2.25. The normalized spacial score (nSPS) is 12.8. The number of benzene rings is 4. The van der Waals surface area contributed by atoms with Crippen molar-refractivity contribution >= 4 is 28.3 Å². The van der Waals surface area contributed by atoms with Crippen molar-refractivity contribution in [2.45, 2.75) is 45.7 Å². The van der Waals surface area contributed by atoms with E-state index >= 15 is 0 Å². The molecule has 1 aliphatic rings. The van der Waals surface area contributed by atoms with Crippen LogP contribution in [0.5, 0.6) is 0 Å². The highest BCUT2D eigenvalue weighted by Gasteiger charge is 2.34. The summed E-state index contributed by atoms with van der Waals surface area (Å²) in [5, 5.41) is 0. The quantitative estimate of drug-likeness (QED) is 0.154. The van der Waals surface area contributed by atoms with Crippen LogP contribution in [0.2, 0.25) is 0 Å². The Balaban J connectivity index is 1.62. The number of anilines is 2. The summed E-state index contributed by atoms with van der Waals surface area (Å²) in [6, 6.07) is 34.2. The molecule has 0 bridgehead atoms. The van der Waals surface area contributed by atoms with E-state index in [9.17, 15) is 13.2 Å². The van der Waals surface area contributed by atoms with Gasteiger partial charge in [-0.05, 0) is 71.2 Å². The third-order valence-electron chi connectivity index (χ3n) is 8.04. The van der Waals surface area contributed by atoms with Gasteiger partial charge in [-0.15, -0.1) is 0 Å². The van der Waals surface area contributed by atoms with E-state index < -0.39 is 11.7 Å². The standard InChI is InChI=1S/C40H40F3N2/c1-3-5-29-44(33-15-9-7-10-16-33)35-25-21-31(22-26-35)39(37-19-13-14-20-38(37)40(41,42)43)32-23-27-36(28-24-32)45(30-6-4-2)34-17-11-8-12-18-34/h7-28H,3-6,29-30H2,1-2H3/q+1. The fourth-order valence-electron chi connectivity index (χ4n) is 5.70. The van der Waals surface area contributed by atoms with Gasteiger partial charge in [0.15, 0.2) is 0 Å². The molecule has 0 fully saturated rings. The number of alkyl halides is 3. The zero-order valence-corrected chi connectivity index (χ0v) is 26.0. The minimum atomic E-state index is -4.49. The first-order valence-electron chi connectivity index (χ1n) is 15.8. The van der Waals surface area contributed by atoms with Crippen LogP contribution in [0.1, 0.15) is 56.2 Å². The summed E-state index contributed by atoms with van der Waals surface area (Å²) in [6.45, 7) is 6.04. The lowest BCUT2D eigenvalue weighted by atomic mass is 9.88. The maximum Gasteiger partial charge on any atom is 0.417 e. The molecule has 45 heavy (non-hydrogen) atoms. The second kappa shape index (κ2) is 14.9. The van der Waals surface area contributed by atoms with E-state index in [-0.39, 0.29) is 5.56 Å². The molecule has 4 aromatic carbocycles. The van der Waals surface area contributed by atoms with Crippen molar-refractivity contribution in [3.63, 3.8) is 0 Å². The highest BCUT2D eigenvalue weighted by Crippen LogP contribution is 2.40. The molecule has 0 saturated heterocycles. The summed E-state index contributed by atoms with van der Waals surface area (Å²) in [7, 11) is 0. The molecule has 2 nitrogen and oxygen atoms in total. The number of allylic oxidation sites excluding steroid dienone is 5. The van der Waals surface area contributed by atoms with Gasteiger partial charge in [0.05, 0.1) is 5.56 Å².